The Kier molecular flexibility index (Phi) is 4.31. The molecule has 1 aromatic carbocycles. The molecule has 1 unspecified atom stereocenters. The van der Waals surface area contributed by atoms with Gasteiger partial charge in [0.1, 0.15) is 5.82 Å². The van der Waals surface area contributed by atoms with E-state index in [0.717, 1.165) is 6.20 Å². The van der Waals surface area contributed by atoms with Crippen molar-refractivity contribution in [3.05, 3.63) is 50.7 Å². The molecule has 2 rings (SSSR count). The molecule has 1 heterocycles. The molecule has 108 valence electrons. The first-order chi connectivity index (χ1) is 9.29. The molecule has 0 radical (unpaired) electrons. The van der Waals surface area contributed by atoms with Gasteiger partial charge in [-0.1, -0.05) is 17.7 Å². The van der Waals surface area contributed by atoms with Crippen LogP contribution >= 0.6 is 22.9 Å². The number of nitrogens with zero attached hydrogens (tertiary/aromatic N) is 1. The summed E-state index contributed by atoms with van der Waals surface area (Å²) in [5.74, 6) is -0.614. The van der Waals surface area contributed by atoms with Crippen molar-refractivity contribution < 1.29 is 22.7 Å². The van der Waals surface area contributed by atoms with Crippen molar-refractivity contribution in [1.82, 2.24) is 4.98 Å². The van der Waals surface area contributed by atoms with E-state index < -0.39 is 23.1 Å². The molecule has 2 nitrogen and oxygen atoms in total. The Morgan fingerprint density at radius 2 is 2.05 bits per heavy atom. The fraction of sp³-hybridized carbons (Fsp3) is 0.250. The van der Waals surface area contributed by atoms with Crippen molar-refractivity contribution in [2.45, 2.75) is 18.7 Å². The van der Waals surface area contributed by atoms with Crippen LogP contribution in [0, 0.1) is 5.82 Å². The van der Waals surface area contributed by atoms with Crippen LogP contribution in [0.4, 0.5) is 17.6 Å². The minimum absolute atomic E-state index is 0.0108. The number of thiazole rings is 1. The largest absolute Gasteiger partial charge is 0.443 e. The van der Waals surface area contributed by atoms with Gasteiger partial charge >= 0.3 is 6.18 Å². The van der Waals surface area contributed by atoms with Crippen LogP contribution in [0.5, 0.6) is 0 Å². The number of hydrogen-bond donors (Lipinski definition) is 1. The van der Waals surface area contributed by atoms with Crippen LogP contribution in [-0.4, -0.2) is 10.1 Å². The van der Waals surface area contributed by atoms with E-state index in [1.165, 1.54) is 18.2 Å². The summed E-state index contributed by atoms with van der Waals surface area (Å²) in [6.45, 7) is 0. The van der Waals surface area contributed by atoms with Gasteiger partial charge in [-0.2, -0.15) is 13.2 Å². The van der Waals surface area contributed by atoms with Crippen molar-refractivity contribution >= 4 is 22.9 Å². The van der Waals surface area contributed by atoms with Gasteiger partial charge in [-0.15, -0.1) is 11.3 Å². The van der Waals surface area contributed by atoms with E-state index in [4.69, 9.17) is 11.6 Å². The number of alkyl halides is 3. The van der Waals surface area contributed by atoms with Gasteiger partial charge in [0.05, 0.1) is 11.0 Å². The van der Waals surface area contributed by atoms with Crippen LogP contribution in [0.25, 0.3) is 0 Å². The van der Waals surface area contributed by atoms with E-state index in [1.54, 1.807) is 0 Å². The average molecular weight is 326 g/mol. The van der Waals surface area contributed by atoms with E-state index in [2.05, 4.69) is 4.98 Å². The van der Waals surface area contributed by atoms with Gasteiger partial charge in [-0.25, -0.2) is 9.37 Å². The maximum Gasteiger partial charge on any atom is 0.443 e. The van der Waals surface area contributed by atoms with E-state index >= 15 is 0 Å². The first kappa shape index (κ1) is 15.2. The number of aliphatic hydroxyl groups is 1. The van der Waals surface area contributed by atoms with Gasteiger partial charge in [0, 0.05) is 23.2 Å². The molecule has 0 aliphatic rings. The topological polar surface area (TPSA) is 33.1 Å². The number of aliphatic hydroxyl groups excluding tert-OH is 1. The molecule has 0 aliphatic heterocycles. The predicted octanol–water partition coefficient (Wildman–Crippen LogP) is 4.23. The average Bonchev–Trinajstić information content (AvgIpc) is 2.83. The van der Waals surface area contributed by atoms with Gasteiger partial charge in [0.25, 0.3) is 0 Å². The molecule has 0 spiro atoms. The van der Waals surface area contributed by atoms with Crippen LogP contribution in [0.15, 0.2) is 24.4 Å². The quantitative estimate of drug-likeness (QED) is 0.857. The molecule has 8 heteroatoms. The highest BCUT2D eigenvalue weighted by atomic mass is 35.5. The molecule has 0 aliphatic carbocycles. The zero-order chi connectivity index (χ0) is 14.9. The fourth-order valence-corrected chi connectivity index (χ4v) is 2.60. The van der Waals surface area contributed by atoms with Gasteiger partial charge in [-0.3, -0.25) is 0 Å². The first-order valence-corrected chi connectivity index (χ1v) is 6.62. The Morgan fingerprint density at radius 3 is 2.60 bits per heavy atom. The molecular formula is C12H8ClF4NOS. The molecule has 20 heavy (non-hydrogen) atoms. The fourth-order valence-electron chi connectivity index (χ4n) is 1.59. The Bertz CT molecular complexity index is 593. The second kappa shape index (κ2) is 5.67. The zero-order valence-electron chi connectivity index (χ0n) is 9.79. The summed E-state index contributed by atoms with van der Waals surface area (Å²) in [5, 5.41) is 8.95. The van der Waals surface area contributed by atoms with Gasteiger partial charge in [0.2, 0.25) is 0 Å². The van der Waals surface area contributed by atoms with Crippen molar-refractivity contribution in [2.75, 3.05) is 0 Å². The molecule has 1 atom stereocenters. The molecule has 0 saturated carbocycles. The van der Waals surface area contributed by atoms with Crippen LogP contribution in [0.2, 0.25) is 5.02 Å². The molecule has 0 amide bonds. The van der Waals surface area contributed by atoms with E-state index in [-0.39, 0.29) is 21.9 Å². The Labute approximate surface area is 120 Å². The molecule has 0 fully saturated rings. The van der Waals surface area contributed by atoms with Gasteiger partial charge in [0.15, 0.2) is 5.01 Å². The molecule has 0 saturated heterocycles. The number of benzene rings is 1. The standard InChI is InChI=1S/C12H8ClF4NOS/c13-7-2-1-3-8(14)6(7)4-9(19)10-5-18-11(20-10)12(15,16)17/h1-3,5,9,19H,4H2. The summed E-state index contributed by atoms with van der Waals surface area (Å²) in [5.41, 5.74) is 0.0589. The number of rotatable bonds is 3. The third kappa shape index (κ3) is 3.28. The number of halogens is 5. The maximum atomic E-state index is 13.5. The second-order valence-corrected chi connectivity index (χ2v) is 5.46. The summed E-state index contributed by atoms with van der Waals surface area (Å²) in [4.78, 5) is 3.21. The molecule has 2 aromatic rings. The highest BCUT2D eigenvalue weighted by Gasteiger charge is 2.35. The van der Waals surface area contributed by atoms with Crippen molar-refractivity contribution in [2.24, 2.45) is 0 Å². The highest BCUT2D eigenvalue weighted by molar-refractivity contribution is 7.11. The van der Waals surface area contributed by atoms with Crippen LogP contribution < -0.4 is 0 Å². The lowest BCUT2D eigenvalue weighted by molar-refractivity contribution is -0.137. The lowest BCUT2D eigenvalue weighted by atomic mass is 10.1. The van der Waals surface area contributed by atoms with Crippen LogP contribution in [-0.2, 0) is 12.6 Å². The molecule has 1 N–H and O–H groups in total. The predicted molar refractivity (Wildman–Crippen MR) is 67.2 cm³/mol. The highest BCUT2D eigenvalue weighted by Crippen LogP contribution is 2.35. The SMILES string of the molecule is OC(Cc1c(F)cccc1Cl)c1cnc(C(F)(F)F)s1. The summed E-state index contributed by atoms with van der Waals surface area (Å²) in [7, 11) is 0. The monoisotopic (exact) mass is 325 g/mol. The van der Waals surface area contributed by atoms with Crippen molar-refractivity contribution in [1.29, 1.82) is 0 Å². The molecule has 1 aromatic heterocycles. The Morgan fingerprint density at radius 1 is 1.35 bits per heavy atom. The van der Waals surface area contributed by atoms with Crippen molar-refractivity contribution in [3.63, 3.8) is 0 Å². The normalized spacial score (nSPS) is 13.5. The summed E-state index contributed by atoms with van der Waals surface area (Å²) in [6.07, 6.45) is -5.13. The smallest absolute Gasteiger partial charge is 0.387 e. The van der Waals surface area contributed by atoms with Crippen LogP contribution in [0.3, 0.4) is 0 Å². The number of aromatic nitrogens is 1. The Hall–Kier alpha value is -1.18. The summed E-state index contributed by atoms with van der Waals surface area (Å²) < 4.78 is 50.7. The lowest BCUT2D eigenvalue weighted by Gasteiger charge is -2.10. The van der Waals surface area contributed by atoms with E-state index in [1.807, 2.05) is 0 Å². The molecule has 0 bridgehead atoms. The zero-order valence-corrected chi connectivity index (χ0v) is 11.4. The summed E-state index contributed by atoms with van der Waals surface area (Å²) >= 11 is 6.12. The van der Waals surface area contributed by atoms with Crippen molar-refractivity contribution in [3.8, 4) is 0 Å². The third-order valence-corrected chi connectivity index (χ3v) is 4.05. The minimum atomic E-state index is -4.56. The summed E-state index contributed by atoms with van der Waals surface area (Å²) in [6, 6.07) is 4.02. The molecular weight excluding hydrogens is 318 g/mol. The number of hydrogen-bond acceptors (Lipinski definition) is 3. The third-order valence-electron chi connectivity index (χ3n) is 2.55. The van der Waals surface area contributed by atoms with Crippen LogP contribution in [0.1, 0.15) is 21.6 Å². The minimum Gasteiger partial charge on any atom is -0.387 e. The van der Waals surface area contributed by atoms with E-state index in [9.17, 15) is 22.7 Å². The van der Waals surface area contributed by atoms with Gasteiger partial charge in [-0.05, 0) is 12.1 Å². The Balaban J connectivity index is 2.20. The first-order valence-electron chi connectivity index (χ1n) is 5.43. The second-order valence-electron chi connectivity index (χ2n) is 3.99. The van der Waals surface area contributed by atoms with Gasteiger partial charge < -0.3 is 5.11 Å². The maximum absolute atomic E-state index is 13.5. The lowest BCUT2D eigenvalue weighted by Crippen LogP contribution is -2.03. The van der Waals surface area contributed by atoms with E-state index in [0.29, 0.717) is 11.3 Å².